The number of rotatable bonds is 5. The summed E-state index contributed by atoms with van der Waals surface area (Å²) in [5, 5.41) is 19.5. The number of aliphatic hydroxyl groups excluding tert-OH is 1. The first-order valence-electron chi connectivity index (χ1n) is 8.81. The fraction of sp³-hybridized carbons (Fsp3) is 0.611. The molecule has 0 saturated carbocycles. The zero-order chi connectivity index (χ0) is 17.6. The van der Waals surface area contributed by atoms with Gasteiger partial charge in [0.1, 0.15) is 17.4 Å². The summed E-state index contributed by atoms with van der Waals surface area (Å²) in [4.78, 5) is 6.51. The smallest absolute Gasteiger partial charge is 0.143 e. The van der Waals surface area contributed by atoms with Crippen molar-refractivity contribution in [2.24, 2.45) is 0 Å². The van der Waals surface area contributed by atoms with E-state index in [1.807, 2.05) is 11.0 Å². The summed E-state index contributed by atoms with van der Waals surface area (Å²) in [5.41, 5.74) is 0.777. The maximum absolute atomic E-state index is 13.8. The molecule has 0 radical (unpaired) electrons. The van der Waals surface area contributed by atoms with E-state index >= 15 is 0 Å². The standard InChI is InChI=1S/C18H25FN4O2/c19-17-2-1-3-18(16(17)12-20)23-6-4-21(5-7-23)13-15(24)14-22-8-10-25-11-9-22/h1-3,15,24H,4-11,13-14H2. The normalized spacial score (nSPS) is 21.1. The molecule has 2 fully saturated rings. The first kappa shape index (κ1) is 18.1. The number of nitrogens with zero attached hydrogens (tertiary/aromatic N) is 4. The highest BCUT2D eigenvalue weighted by molar-refractivity contribution is 5.60. The second kappa shape index (κ2) is 8.59. The molecule has 25 heavy (non-hydrogen) atoms. The fourth-order valence-corrected chi connectivity index (χ4v) is 3.50. The lowest BCUT2D eigenvalue weighted by Crippen LogP contribution is -2.51. The number of hydrogen-bond donors (Lipinski definition) is 1. The van der Waals surface area contributed by atoms with Gasteiger partial charge in [-0.05, 0) is 12.1 Å². The van der Waals surface area contributed by atoms with E-state index in [1.165, 1.54) is 6.07 Å². The van der Waals surface area contributed by atoms with Gasteiger partial charge in [-0.15, -0.1) is 0 Å². The highest BCUT2D eigenvalue weighted by atomic mass is 19.1. The number of piperazine rings is 1. The number of halogens is 1. The molecule has 1 aromatic carbocycles. The molecule has 3 rings (SSSR count). The third-order valence-corrected chi connectivity index (χ3v) is 4.86. The molecule has 2 heterocycles. The SMILES string of the molecule is N#Cc1c(F)cccc1N1CCN(CC(O)CN2CCOCC2)CC1. The van der Waals surface area contributed by atoms with Gasteiger partial charge in [0.2, 0.25) is 0 Å². The highest BCUT2D eigenvalue weighted by Crippen LogP contribution is 2.23. The Kier molecular flexibility index (Phi) is 6.21. The predicted molar refractivity (Wildman–Crippen MR) is 93.0 cm³/mol. The van der Waals surface area contributed by atoms with Crippen molar-refractivity contribution < 1.29 is 14.2 Å². The van der Waals surface area contributed by atoms with Crippen LogP contribution in [0.5, 0.6) is 0 Å². The molecule has 0 aliphatic carbocycles. The number of aliphatic hydroxyl groups is 1. The Hall–Kier alpha value is -1.72. The Morgan fingerprint density at radius 2 is 1.72 bits per heavy atom. The van der Waals surface area contributed by atoms with Crippen LogP contribution in [0.15, 0.2) is 18.2 Å². The first-order valence-corrected chi connectivity index (χ1v) is 8.81. The van der Waals surface area contributed by atoms with Crippen molar-refractivity contribution in [2.45, 2.75) is 6.10 Å². The third kappa shape index (κ3) is 4.67. The minimum absolute atomic E-state index is 0.114. The molecule has 7 heteroatoms. The average molecular weight is 348 g/mol. The van der Waals surface area contributed by atoms with Crippen LogP contribution in [0.4, 0.5) is 10.1 Å². The van der Waals surface area contributed by atoms with Crippen LogP contribution in [0.3, 0.4) is 0 Å². The zero-order valence-electron chi connectivity index (χ0n) is 14.4. The van der Waals surface area contributed by atoms with E-state index in [2.05, 4.69) is 9.80 Å². The molecule has 2 saturated heterocycles. The molecule has 1 atom stereocenters. The van der Waals surface area contributed by atoms with Crippen molar-refractivity contribution in [1.29, 1.82) is 5.26 Å². The van der Waals surface area contributed by atoms with Crippen LogP contribution in [0.25, 0.3) is 0 Å². The van der Waals surface area contributed by atoms with E-state index in [0.29, 0.717) is 18.8 Å². The van der Waals surface area contributed by atoms with Crippen molar-refractivity contribution in [3.05, 3.63) is 29.6 Å². The summed E-state index contributed by atoms with van der Waals surface area (Å²) in [6, 6.07) is 6.72. The minimum atomic E-state index is -0.469. The Morgan fingerprint density at radius 1 is 1.08 bits per heavy atom. The van der Waals surface area contributed by atoms with Crippen LogP contribution in [0.1, 0.15) is 5.56 Å². The summed E-state index contributed by atoms with van der Waals surface area (Å²) in [6.45, 7) is 7.57. The molecule has 1 unspecified atom stereocenters. The van der Waals surface area contributed by atoms with E-state index in [9.17, 15) is 14.8 Å². The van der Waals surface area contributed by atoms with E-state index in [1.54, 1.807) is 12.1 Å². The predicted octanol–water partition coefficient (Wildman–Crippen LogP) is 0.512. The summed E-state index contributed by atoms with van der Waals surface area (Å²) in [7, 11) is 0. The number of hydrogen-bond acceptors (Lipinski definition) is 6. The monoisotopic (exact) mass is 348 g/mol. The second-order valence-corrected chi connectivity index (χ2v) is 6.60. The van der Waals surface area contributed by atoms with Crippen LogP contribution in [-0.2, 0) is 4.74 Å². The molecule has 0 bridgehead atoms. The van der Waals surface area contributed by atoms with Crippen molar-refractivity contribution in [1.82, 2.24) is 9.80 Å². The van der Waals surface area contributed by atoms with Gasteiger partial charge in [-0.2, -0.15) is 5.26 Å². The maximum atomic E-state index is 13.8. The summed E-state index contributed by atoms with van der Waals surface area (Å²) in [6.07, 6.45) is -0.381. The van der Waals surface area contributed by atoms with Crippen molar-refractivity contribution >= 4 is 5.69 Å². The molecule has 0 aromatic heterocycles. The summed E-state index contributed by atoms with van der Waals surface area (Å²) >= 11 is 0. The van der Waals surface area contributed by atoms with E-state index in [0.717, 1.165) is 52.5 Å². The van der Waals surface area contributed by atoms with Crippen LogP contribution >= 0.6 is 0 Å². The number of nitriles is 1. The molecule has 2 aliphatic rings. The molecule has 6 nitrogen and oxygen atoms in total. The largest absolute Gasteiger partial charge is 0.390 e. The number of anilines is 1. The molecular formula is C18H25FN4O2. The Labute approximate surface area is 148 Å². The quantitative estimate of drug-likeness (QED) is 0.837. The number of morpholine rings is 1. The van der Waals surface area contributed by atoms with Gasteiger partial charge in [0.25, 0.3) is 0 Å². The summed E-state index contributed by atoms with van der Waals surface area (Å²) < 4.78 is 19.1. The van der Waals surface area contributed by atoms with Gasteiger partial charge in [-0.25, -0.2) is 4.39 Å². The maximum Gasteiger partial charge on any atom is 0.143 e. The Bertz CT molecular complexity index is 608. The topological polar surface area (TPSA) is 63.0 Å². The van der Waals surface area contributed by atoms with Gasteiger partial charge in [0.15, 0.2) is 0 Å². The van der Waals surface area contributed by atoms with Gasteiger partial charge >= 0.3 is 0 Å². The number of β-amino-alcohol motifs (C(OH)–C–C–N with tert-alkyl or cyclic N) is 1. The fourth-order valence-electron chi connectivity index (χ4n) is 3.50. The van der Waals surface area contributed by atoms with Gasteiger partial charge < -0.3 is 14.7 Å². The van der Waals surface area contributed by atoms with E-state index in [-0.39, 0.29) is 11.7 Å². The van der Waals surface area contributed by atoms with Gasteiger partial charge in [0, 0.05) is 52.4 Å². The first-order chi connectivity index (χ1) is 12.2. The van der Waals surface area contributed by atoms with Gasteiger partial charge in [-0.3, -0.25) is 9.80 Å². The molecule has 0 amide bonds. The number of ether oxygens (including phenoxy) is 1. The van der Waals surface area contributed by atoms with Crippen molar-refractivity contribution in [3.63, 3.8) is 0 Å². The van der Waals surface area contributed by atoms with Crippen molar-refractivity contribution in [3.8, 4) is 6.07 Å². The van der Waals surface area contributed by atoms with E-state index < -0.39 is 5.82 Å². The molecule has 136 valence electrons. The lowest BCUT2D eigenvalue weighted by atomic mass is 10.1. The van der Waals surface area contributed by atoms with Gasteiger partial charge in [0.05, 0.1) is 25.0 Å². The number of benzene rings is 1. The zero-order valence-corrected chi connectivity index (χ0v) is 14.4. The molecule has 1 aromatic rings. The highest BCUT2D eigenvalue weighted by Gasteiger charge is 2.23. The Balaban J connectivity index is 1.49. The van der Waals surface area contributed by atoms with Crippen molar-refractivity contribution in [2.75, 3.05) is 70.5 Å². The summed E-state index contributed by atoms with van der Waals surface area (Å²) in [5.74, 6) is -0.469. The Morgan fingerprint density at radius 3 is 2.36 bits per heavy atom. The second-order valence-electron chi connectivity index (χ2n) is 6.60. The molecule has 2 aliphatic heterocycles. The third-order valence-electron chi connectivity index (χ3n) is 4.86. The van der Waals surface area contributed by atoms with E-state index in [4.69, 9.17) is 4.74 Å². The molecule has 0 spiro atoms. The lowest BCUT2D eigenvalue weighted by Gasteiger charge is -2.38. The van der Waals surface area contributed by atoms with Crippen LogP contribution in [0.2, 0.25) is 0 Å². The van der Waals surface area contributed by atoms with Crippen LogP contribution in [0, 0.1) is 17.1 Å². The lowest BCUT2D eigenvalue weighted by molar-refractivity contribution is 0.00656. The molecule has 1 N–H and O–H groups in total. The van der Waals surface area contributed by atoms with Crippen LogP contribution in [-0.4, -0.2) is 86.6 Å². The van der Waals surface area contributed by atoms with Crippen LogP contribution < -0.4 is 4.90 Å². The minimum Gasteiger partial charge on any atom is -0.390 e. The average Bonchev–Trinajstić information content (AvgIpc) is 2.63. The molecular weight excluding hydrogens is 323 g/mol. The van der Waals surface area contributed by atoms with Gasteiger partial charge in [-0.1, -0.05) is 6.07 Å².